The maximum atomic E-state index is 8.88. The smallest absolute Gasteiger partial charge is 0.160 e. The lowest BCUT2D eigenvalue weighted by atomic mass is 9.80. The minimum absolute atomic E-state index is 0.145. The van der Waals surface area contributed by atoms with Crippen LogP contribution in [0.2, 0.25) is 0 Å². The largest absolute Gasteiger partial charge is 0.196 e. The Balaban J connectivity index is 2.14. The molecule has 0 N–H and O–H groups in total. The lowest BCUT2D eigenvalue weighted by Crippen LogP contribution is -2.25. The first-order chi connectivity index (χ1) is 5.92. The molecule has 0 bridgehead atoms. The fourth-order valence-corrected chi connectivity index (χ4v) is 1.47. The van der Waals surface area contributed by atoms with Gasteiger partial charge in [-0.1, -0.05) is 6.42 Å². The van der Waals surface area contributed by atoms with Crippen molar-refractivity contribution in [2.24, 2.45) is 5.92 Å². The van der Waals surface area contributed by atoms with Crippen molar-refractivity contribution in [2.45, 2.75) is 25.3 Å². The number of hydrogen-bond donors (Lipinski definition) is 0. The third kappa shape index (κ3) is 1.07. The molecule has 1 heterocycles. The molecular weight excluding hydrogens is 152 g/mol. The topological polar surface area (TPSA) is 54.5 Å². The van der Waals surface area contributed by atoms with Gasteiger partial charge in [0.05, 0.1) is 18.5 Å². The van der Waals surface area contributed by atoms with Crippen LogP contribution in [0.5, 0.6) is 0 Å². The molecule has 0 amide bonds. The van der Waals surface area contributed by atoms with Gasteiger partial charge in [0.1, 0.15) is 0 Å². The van der Waals surface area contributed by atoms with Gasteiger partial charge in [-0.2, -0.15) is 20.3 Å². The molecule has 4 heteroatoms. The Kier molecular flexibility index (Phi) is 1.78. The van der Waals surface area contributed by atoms with Crippen molar-refractivity contribution in [1.82, 2.24) is 15.0 Å². The fraction of sp³-hybridized carbons (Fsp3) is 0.625. The van der Waals surface area contributed by atoms with E-state index in [0.717, 1.165) is 12.8 Å². The lowest BCUT2D eigenvalue weighted by Gasteiger charge is -2.28. The molecule has 0 saturated heterocycles. The number of aromatic nitrogens is 3. The molecule has 1 aromatic heterocycles. The van der Waals surface area contributed by atoms with Gasteiger partial charge in [-0.15, -0.1) is 0 Å². The summed E-state index contributed by atoms with van der Waals surface area (Å²) in [5.41, 5.74) is 0. The molecule has 1 fully saturated rings. The first-order valence-electron chi connectivity index (χ1n) is 4.17. The molecular formula is C8H10N4. The van der Waals surface area contributed by atoms with E-state index in [1.54, 1.807) is 12.4 Å². The van der Waals surface area contributed by atoms with Gasteiger partial charge in [0, 0.05) is 0 Å². The van der Waals surface area contributed by atoms with E-state index in [-0.39, 0.29) is 6.04 Å². The molecule has 2 rings (SSSR count). The normalized spacial score (nSPS) is 19.6. The van der Waals surface area contributed by atoms with Crippen LogP contribution in [0.3, 0.4) is 0 Å². The molecule has 0 aromatic carbocycles. The number of hydrogen-bond acceptors (Lipinski definition) is 3. The van der Waals surface area contributed by atoms with Crippen LogP contribution in [0.1, 0.15) is 25.3 Å². The van der Waals surface area contributed by atoms with Gasteiger partial charge in [0.25, 0.3) is 0 Å². The van der Waals surface area contributed by atoms with Crippen LogP contribution in [0.25, 0.3) is 0 Å². The Labute approximate surface area is 70.8 Å². The molecule has 1 aromatic rings. The van der Waals surface area contributed by atoms with Crippen molar-refractivity contribution in [1.29, 1.82) is 5.26 Å². The molecule has 1 atom stereocenters. The Morgan fingerprint density at radius 1 is 1.42 bits per heavy atom. The van der Waals surface area contributed by atoms with Crippen LogP contribution in [0, 0.1) is 17.2 Å². The van der Waals surface area contributed by atoms with Crippen LogP contribution in [-0.2, 0) is 0 Å². The molecule has 62 valence electrons. The Morgan fingerprint density at radius 2 is 2.08 bits per heavy atom. The molecule has 1 unspecified atom stereocenters. The summed E-state index contributed by atoms with van der Waals surface area (Å²) >= 11 is 0. The van der Waals surface area contributed by atoms with E-state index in [1.807, 2.05) is 0 Å². The predicted molar refractivity (Wildman–Crippen MR) is 42.0 cm³/mol. The molecule has 0 spiro atoms. The fourth-order valence-electron chi connectivity index (χ4n) is 1.47. The number of nitrogens with zero attached hydrogens (tertiary/aromatic N) is 4. The van der Waals surface area contributed by atoms with Gasteiger partial charge >= 0.3 is 0 Å². The second kappa shape index (κ2) is 2.94. The molecule has 12 heavy (non-hydrogen) atoms. The van der Waals surface area contributed by atoms with Crippen molar-refractivity contribution in [3.8, 4) is 6.07 Å². The predicted octanol–water partition coefficient (Wildman–Crippen LogP) is 1.14. The monoisotopic (exact) mass is 162 g/mol. The standard InChI is InChI=1S/C8H10N4/c9-6-8(7-2-1-3-7)12-10-4-5-11-12/h4-5,7-8H,1-3H2. The summed E-state index contributed by atoms with van der Waals surface area (Å²) in [7, 11) is 0. The summed E-state index contributed by atoms with van der Waals surface area (Å²) in [5, 5.41) is 16.8. The molecule has 1 aliphatic rings. The highest BCUT2D eigenvalue weighted by Gasteiger charge is 2.29. The SMILES string of the molecule is N#CC(C1CCC1)n1nccn1. The average molecular weight is 162 g/mol. The zero-order valence-electron chi connectivity index (χ0n) is 6.72. The Morgan fingerprint density at radius 3 is 2.50 bits per heavy atom. The van der Waals surface area contributed by atoms with Crippen LogP contribution >= 0.6 is 0 Å². The maximum absolute atomic E-state index is 8.88. The van der Waals surface area contributed by atoms with E-state index in [4.69, 9.17) is 5.26 Å². The van der Waals surface area contributed by atoms with E-state index in [9.17, 15) is 0 Å². The van der Waals surface area contributed by atoms with Crippen LogP contribution in [-0.4, -0.2) is 15.0 Å². The maximum Gasteiger partial charge on any atom is 0.160 e. The summed E-state index contributed by atoms with van der Waals surface area (Å²) in [6.45, 7) is 0. The second-order valence-electron chi connectivity index (χ2n) is 3.11. The summed E-state index contributed by atoms with van der Waals surface area (Å²) in [6.07, 6.45) is 6.75. The number of nitriles is 1. The van der Waals surface area contributed by atoms with Crippen molar-refractivity contribution in [2.75, 3.05) is 0 Å². The van der Waals surface area contributed by atoms with Crippen LogP contribution in [0.4, 0.5) is 0 Å². The van der Waals surface area contributed by atoms with Crippen molar-refractivity contribution >= 4 is 0 Å². The number of rotatable bonds is 2. The summed E-state index contributed by atoms with van der Waals surface area (Å²) < 4.78 is 0. The van der Waals surface area contributed by atoms with Gasteiger partial charge < -0.3 is 0 Å². The highest BCUT2D eigenvalue weighted by atomic mass is 15.5. The molecule has 1 aliphatic carbocycles. The Hall–Kier alpha value is -1.37. The van der Waals surface area contributed by atoms with E-state index < -0.39 is 0 Å². The Bertz CT molecular complexity index is 281. The van der Waals surface area contributed by atoms with E-state index in [2.05, 4.69) is 16.3 Å². The zero-order valence-corrected chi connectivity index (χ0v) is 6.72. The summed E-state index contributed by atoms with van der Waals surface area (Å²) in [4.78, 5) is 1.52. The summed E-state index contributed by atoms with van der Waals surface area (Å²) in [6, 6.07) is 2.10. The first kappa shape index (κ1) is 7.29. The van der Waals surface area contributed by atoms with Gasteiger partial charge in [-0.25, -0.2) is 0 Å². The van der Waals surface area contributed by atoms with Gasteiger partial charge in [-0.05, 0) is 18.8 Å². The molecule has 0 aliphatic heterocycles. The van der Waals surface area contributed by atoms with E-state index >= 15 is 0 Å². The van der Waals surface area contributed by atoms with E-state index in [0.29, 0.717) is 5.92 Å². The zero-order chi connectivity index (χ0) is 8.39. The van der Waals surface area contributed by atoms with Gasteiger partial charge in [0.15, 0.2) is 6.04 Å². The van der Waals surface area contributed by atoms with Gasteiger partial charge in [0.2, 0.25) is 0 Å². The summed E-state index contributed by atoms with van der Waals surface area (Å²) in [5.74, 6) is 0.474. The third-order valence-corrected chi connectivity index (χ3v) is 2.41. The highest BCUT2D eigenvalue weighted by Crippen LogP contribution is 2.34. The van der Waals surface area contributed by atoms with Gasteiger partial charge in [-0.3, -0.25) is 0 Å². The minimum atomic E-state index is -0.145. The molecule has 0 radical (unpaired) electrons. The van der Waals surface area contributed by atoms with Crippen molar-refractivity contribution in [3.63, 3.8) is 0 Å². The molecule has 1 saturated carbocycles. The lowest BCUT2D eigenvalue weighted by molar-refractivity contribution is 0.222. The second-order valence-corrected chi connectivity index (χ2v) is 3.11. The van der Waals surface area contributed by atoms with E-state index in [1.165, 1.54) is 11.2 Å². The van der Waals surface area contributed by atoms with Crippen molar-refractivity contribution < 1.29 is 0 Å². The molecule has 4 nitrogen and oxygen atoms in total. The first-order valence-corrected chi connectivity index (χ1v) is 4.17. The average Bonchev–Trinajstić information content (AvgIpc) is 2.47. The quantitative estimate of drug-likeness (QED) is 0.655. The van der Waals surface area contributed by atoms with Crippen LogP contribution < -0.4 is 0 Å². The van der Waals surface area contributed by atoms with Crippen LogP contribution in [0.15, 0.2) is 12.4 Å². The third-order valence-electron chi connectivity index (χ3n) is 2.41. The van der Waals surface area contributed by atoms with Crippen molar-refractivity contribution in [3.05, 3.63) is 12.4 Å². The highest BCUT2D eigenvalue weighted by molar-refractivity contribution is 4.94. The minimum Gasteiger partial charge on any atom is -0.196 e.